The molecule has 21 heavy (non-hydrogen) atoms. The number of sulfone groups is 1. The predicted octanol–water partition coefficient (Wildman–Crippen LogP) is 1.86. The quantitative estimate of drug-likeness (QED) is 0.659. The van der Waals surface area contributed by atoms with E-state index in [4.69, 9.17) is 9.52 Å². The molecule has 9 heteroatoms. The molecule has 1 aromatic heterocycles. The fraction of sp³-hybridized carbons (Fsp3) is 0.0833. The van der Waals surface area contributed by atoms with E-state index in [0.29, 0.717) is 5.56 Å². The Morgan fingerprint density at radius 3 is 2.29 bits per heavy atom. The molecule has 0 unspecified atom stereocenters. The van der Waals surface area contributed by atoms with Gasteiger partial charge in [0, 0.05) is 12.1 Å². The normalized spacial score (nSPS) is 11.2. The fourth-order valence-electron chi connectivity index (χ4n) is 1.61. The van der Waals surface area contributed by atoms with E-state index in [9.17, 15) is 23.3 Å². The van der Waals surface area contributed by atoms with Crippen molar-refractivity contribution in [3.8, 4) is 0 Å². The molecule has 0 saturated heterocycles. The molecule has 0 radical (unpaired) electrons. The summed E-state index contributed by atoms with van der Waals surface area (Å²) in [5.41, 5.74) is 0.177. The van der Waals surface area contributed by atoms with Crippen molar-refractivity contribution in [3.63, 3.8) is 0 Å². The third-order valence-corrected chi connectivity index (χ3v) is 4.15. The lowest BCUT2D eigenvalue weighted by molar-refractivity contribution is -0.384. The largest absolute Gasteiger partial charge is 0.475 e. The van der Waals surface area contributed by atoms with Crippen LogP contribution in [-0.2, 0) is 15.6 Å². The van der Waals surface area contributed by atoms with Crippen molar-refractivity contribution in [2.75, 3.05) is 0 Å². The van der Waals surface area contributed by atoms with E-state index in [1.807, 2.05) is 0 Å². The maximum Gasteiger partial charge on any atom is 0.371 e. The highest BCUT2D eigenvalue weighted by Gasteiger charge is 2.22. The number of nitro benzene ring substituents is 1. The van der Waals surface area contributed by atoms with E-state index >= 15 is 0 Å². The van der Waals surface area contributed by atoms with Crippen LogP contribution < -0.4 is 0 Å². The Labute approximate surface area is 118 Å². The van der Waals surface area contributed by atoms with E-state index in [1.54, 1.807) is 0 Å². The average molecular weight is 311 g/mol. The van der Waals surface area contributed by atoms with Crippen molar-refractivity contribution in [1.82, 2.24) is 0 Å². The number of hydrogen-bond donors (Lipinski definition) is 1. The van der Waals surface area contributed by atoms with Crippen LogP contribution in [0, 0.1) is 10.1 Å². The van der Waals surface area contributed by atoms with Crippen molar-refractivity contribution in [3.05, 3.63) is 57.8 Å². The number of furan rings is 1. The zero-order chi connectivity index (χ0) is 15.6. The topological polar surface area (TPSA) is 128 Å². The SMILES string of the molecule is O=C(O)c1ccc(S(=O)(=O)Cc2ccc([N+](=O)[O-])cc2)o1. The van der Waals surface area contributed by atoms with Gasteiger partial charge in [0.25, 0.3) is 5.69 Å². The van der Waals surface area contributed by atoms with Gasteiger partial charge in [-0.15, -0.1) is 0 Å². The van der Waals surface area contributed by atoms with Gasteiger partial charge in [-0.25, -0.2) is 13.2 Å². The molecule has 2 aromatic rings. The van der Waals surface area contributed by atoms with Crippen LogP contribution in [0.5, 0.6) is 0 Å². The summed E-state index contributed by atoms with van der Waals surface area (Å²) in [6.45, 7) is 0. The highest BCUT2D eigenvalue weighted by Crippen LogP contribution is 2.20. The van der Waals surface area contributed by atoms with E-state index in [2.05, 4.69) is 0 Å². The minimum absolute atomic E-state index is 0.151. The third kappa shape index (κ3) is 3.26. The first-order valence-corrected chi connectivity index (χ1v) is 7.24. The van der Waals surface area contributed by atoms with Crippen LogP contribution in [0.4, 0.5) is 5.69 Å². The Morgan fingerprint density at radius 2 is 1.81 bits per heavy atom. The molecule has 1 aromatic carbocycles. The molecule has 0 amide bonds. The van der Waals surface area contributed by atoms with Gasteiger partial charge in [-0.3, -0.25) is 10.1 Å². The van der Waals surface area contributed by atoms with Crippen LogP contribution in [0.25, 0.3) is 0 Å². The van der Waals surface area contributed by atoms with Gasteiger partial charge in [-0.05, 0) is 17.7 Å². The smallest absolute Gasteiger partial charge is 0.371 e. The molecule has 1 heterocycles. The van der Waals surface area contributed by atoms with E-state index in [0.717, 1.165) is 12.1 Å². The Kier molecular flexibility index (Phi) is 3.76. The van der Waals surface area contributed by atoms with Gasteiger partial charge in [0.1, 0.15) is 0 Å². The number of non-ortho nitro benzene ring substituents is 1. The number of hydrogen-bond acceptors (Lipinski definition) is 6. The summed E-state index contributed by atoms with van der Waals surface area (Å²) in [4.78, 5) is 20.6. The lowest BCUT2D eigenvalue weighted by atomic mass is 10.2. The number of carboxylic acids is 1. The molecule has 0 aliphatic heterocycles. The molecule has 0 aliphatic carbocycles. The van der Waals surface area contributed by atoms with Gasteiger partial charge >= 0.3 is 5.97 Å². The standard InChI is InChI=1S/C12H9NO7S/c14-12(15)10-5-6-11(20-10)21(18,19)7-8-1-3-9(4-2-8)13(16)17/h1-6H,7H2,(H,14,15). The van der Waals surface area contributed by atoms with E-state index in [-0.39, 0.29) is 5.69 Å². The van der Waals surface area contributed by atoms with Gasteiger partial charge < -0.3 is 9.52 Å². The number of carbonyl (C=O) groups is 1. The lowest BCUT2D eigenvalue weighted by Gasteiger charge is -2.01. The van der Waals surface area contributed by atoms with Crippen molar-refractivity contribution in [2.45, 2.75) is 10.8 Å². The Hall–Kier alpha value is -2.68. The number of aromatic carboxylic acids is 1. The van der Waals surface area contributed by atoms with Crippen LogP contribution in [0.15, 0.2) is 45.9 Å². The maximum absolute atomic E-state index is 12.0. The molecular weight excluding hydrogens is 302 g/mol. The molecular formula is C12H9NO7S. The molecule has 1 N–H and O–H groups in total. The van der Waals surface area contributed by atoms with Gasteiger partial charge in [0.2, 0.25) is 20.7 Å². The van der Waals surface area contributed by atoms with Gasteiger partial charge in [0.15, 0.2) is 0 Å². The molecule has 110 valence electrons. The van der Waals surface area contributed by atoms with Crippen molar-refractivity contribution in [1.29, 1.82) is 0 Å². The minimum Gasteiger partial charge on any atom is -0.475 e. The van der Waals surface area contributed by atoms with Crippen LogP contribution >= 0.6 is 0 Å². The number of carboxylic acid groups (broad SMARTS) is 1. The summed E-state index contributed by atoms with van der Waals surface area (Å²) in [6.07, 6.45) is 0. The summed E-state index contributed by atoms with van der Waals surface area (Å²) >= 11 is 0. The second kappa shape index (κ2) is 5.37. The summed E-state index contributed by atoms with van der Waals surface area (Å²) in [5, 5.41) is 18.7. The average Bonchev–Trinajstić information content (AvgIpc) is 2.89. The number of rotatable bonds is 5. The zero-order valence-electron chi connectivity index (χ0n) is 10.4. The maximum atomic E-state index is 12.0. The van der Waals surface area contributed by atoms with Crippen molar-refractivity contribution < 1.29 is 27.7 Å². The second-order valence-corrected chi connectivity index (χ2v) is 6.03. The first-order valence-electron chi connectivity index (χ1n) is 5.59. The molecule has 0 fully saturated rings. The zero-order valence-corrected chi connectivity index (χ0v) is 11.2. The highest BCUT2D eigenvalue weighted by atomic mass is 32.2. The molecule has 0 spiro atoms. The highest BCUT2D eigenvalue weighted by molar-refractivity contribution is 7.90. The van der Waals surface area contributed by atoms with Crippen LogP contribution in [0.3, 0.4) is 0 Å². The first-order chi connectivity index (χ1) is 9.79. The summed E-state index contributed by atoms with van der Waals surface area (Å²) < 4.78 is 28.8. The Morgan fingerprint density at radius 1 is 1.19 bits per heavy atom. The third-order valence-electron chi connectivity index (χ3n) is 2.60. The van der Waals surface area contributed by atoms with Crippen molar-refractivity contribution in [2.24, 2.45) is 0 Å². The fourth-order valence-corrected chi connectivity index (χ4v) is 2.87. The lowest BCUT2D eigenvalue weighted by Crippen LogP contribution is -2.04. The minimum atomic E-state index is -3.86. The number of benzene rings is 1. The number of nitrogens with zero attached hydrogens (tertiary/aromatic N) is 1. The van der Waals surface area contributed by atoms with E-state index in [1.165, 1.54) is 24.3 Å². The van der Waals surface area contributed by atoms with Gasteiger partial charge in [0.05, 0.1) is 10.7 Å². The summed E-state index contributed by atoms with van der Waals surface area (Å²) in [6, 6.07) is 7.12. The summed E-state index contributed by atoms with van der Waals surface area (Å²) in [5.74, 6) is -2.29. The van der Waals surface area contributed by atoms with Crippen LogP contribution in [-0.4, -0.2) is 24.4 Å². The first kappa shape index (κ1) is 14.7. The van der Waals surface area contributed by atoms with Gasteiger partial charge in [-0.2, -0.15) is 0 Å². The van der Waals surface area contributed by atoms with Crippen LogP contribution in [0.2, 0.25) is 0 Å². The second-order valence-electron chi connectivity index (χ2n) is 4.11. The van der Waals surface area contributed by atoms with E-state index < -0.39 is 37.3 Å². The predicted molar refractivity (Wildman–Crippen MR) is 69.7 cm³/mol. The molecule has 2 rings (SSSR count). The monoisotopic (exact) mass is 311 g/mol. The van der Waals surface area contributed by atoms with Crippen molar-refractivity contribution >= 4 is 21.5 Å². The molecule has 0 aliphatic rings. The molecule has 8 nitrogen and oxygen atoms in total. The Balaban J connectivity index is 2.24. The van der Waals surface area contributed by atoms with Gasteiger partial charge in [-0.1, -0.05) is 12.1 Å². The summed E-state index contributed by atoms with van der Waals surface area (Å²) in [7, 11) is -3.86. The molecule has 0 bridgehead atoms. The Bertz CT molecular complexity index is 789. The molecule has 0 saturated carbocycles. The van der Waals surface area contributed by atoms with Crippen LogP contribution in [0.1, 0.15) is 16.1 Å². The molecule has 0 atom stereocenters. The number of nitro groups is 1.